The van der Waals surface area contributed by atoms with Crippen molar-refractivity contribution in [2.45, 2.75) is 12.3 Å². The first-order valence-corrected chi connectivity index (χ1v) is 2.33. The van der Waals surface area contributed by atoms with E-state index in [1.54, 1.807) is 0 Å². The van der Waals surface area contributed by atoms with Crippen LogP contribution in [-0.4, -0.2) is 30.5 Å². The van der Waals surface area contributed by atoms with Crippen molar-refractivity contribution in [3.05, 3.63) is 0 Å². The van der Waals surface area contributed by atoms with Gasteiger partial charge in [-0.1, -0.05) is 0 Å². The summed E-state index contributed by atoms with van der Waals surface area (Å²) in [6.45, 7) is 0.711. The van der Waals surface area contributed by atoms with Crippen molar-refractivity contribution in [1.82, 2.24) is 5.32 Å². The molecule has 2 nitrogen and oxygen atoms in total. The molecule has 1 aliphatic heterocycles. The predicted molar refractivity (Wildman–Crippen MR) is 23.8 cm³/mol. The van der Waals surface area contributed by atoms with Gasteiger partial charge in [0.05, 0.1) is 6.10 Å². The monoisotopic (exact) mass is 105 g/mol. The average molecular weight is 105 g/mol. The fraction of sp³-hybridized carbons (Fsp3) is 1.00. The van der Waals surface area contributed by atoms with E-state index in [1.807, 2.05) is 0 Å². The van der Waals surface area contributed by atoms with E-state index < -0.39 is 12.3 Å². The number of halogens is 1. The second-order valence-corrected chi connectivity index (χ2v) is 1.74. The Morgan fingerprint density at radius 1 is 1.57 bits per heavy atom. The van der Waals surface area contributed by atoms with E-state index in [0.717, 1.165) is 0 Å². The van der Waals surface area contributed by atoms with Crippen LogP contribution in [-0.2, 0) is 0 Å². The quantitative estimate of drug-likeness (QED) is 0.426. The van der Waals surface area contributed by atoms with E-state index in [4.69, 9.17) is 5.11 Å². The molecule has 1 saturated heterocycles. The van der Waals surface area contributed by atoms with E-state index in [-0.39, 0.29) is 0 Å². The molecular weight excluding hydrogens is 97.0 g/mol. The first-order valence-electron chi connectivity index (χ1n) is 2.33. The smallest absolute Gasteiger partial charge is 0.139 e. The maximum atomic E-state index is 12.0. The van der Waals surface area contributed by atoms with Crippen molar-refractivity contribution in [2.75, 3.05) is 13.1 Å². The lowest BCUT2D eigenvalue weighted by Crippen LogP contribution is -2.17. The normalized spacial score (nSPS) is 42.0. The lowest BCUT2D eigenvalue weighted by Gasteiger charge is -1.98. The number of hydrogen-bond acceptors (Lipinski definition) is 2. The highest BCUT2D eigenvalue weighted by Gasteiger charge is 2.23. The minimum Gasteiger partial charge on any atom is -0.389 e. The minimum absolute atomic E-state index is 0.307. The molecule has 2 atom stereocenters. The highest BCUT2D eigenvalue weighted by Crippen LogP contribution is 2.01. The molecule has 0 aromatic heterocycles. The Morgan fingerprint density at radius 3 is 2.43 bits per heavy atom. The van der Waals surface area contributed by atoms with Crippen molar-refractivity contribution >= 4 is 0 Å². The molecule has 1 fully saturated rings. The summed E-state index contributed by atoms with van der Waals surface area (Å²) in [5.41, 5.74) is 0. The van der Waals surface area contributed by atoms with Gasteiger partial charge in [0.2, 0.25) is 0 Å². The molecule has 1 aliphatic rings. The molecule has 0 aromatic rings. The van der Waals surface area contributed by atoms with Crippen LogP contribution >= 0.6 is 0 Å². The molecule has 0 aliphatic carbocycles. The number of hydrogen-bond donors (Lipinski definition) is 2. The zero-order valence-corrected chi connectivity index (χ0v) is 3.89. The fourth-order valence-corrected chi connectivity index (χ4v) is 0.633. The molecule has 0 saturated carbocycles. The van der Waals surface area contributed by atoms with Crippen LogP contribution in [0.15, 0.2) is 0 Å². The van der Waals surface area contributed by atoms with Gasteiger partial charge < -0.3 is 10.4 Å². The molecule has 2 N–H and O–H groups in total. The first kappa shape index (κ1) is 5.00. The van der Waals surface area contributed by atoms with Gasteiger partial charge in [-0.25, -0.2) is 4.39 Å². The third-order valence-corrected chi connectivity index (χ3v) is 1.11. The average Bonchev–Trinajstić information content (AvgIpc) is 1.91. The number of aliphatic hydroxyl groups is 1. The predicted octanol–water partition coefficient (Wildman–Crippen LogP) is -0.711. The summed E-state index contributed by atoms with van der Waals surface area (Å²) < 4.78 is 12.0. The Balaban J connectivity index is 2.33. The van der Waals surface area contributed by atoms with Gasteiger partial charge in [-0.3, -0.25) is 0 Å². The minimum atomic E-state index is -1.04. The first-order chi connectivity index (χ1) is 3.30. The number of aliphatic hydroxyl groups excluding tert-OH is 1. The van der Waals surface area contributed by atoms with Gasteiger partial charge in [0.1, 0.15) is 6.17 Å². The van der Waals surface area contributed by atoms with Crippen LogP contribution in [0.25, 0.3) is 0 Å². The van der Waals surface area contributed by atoms with Gasteiger partial charge in [0, 0.05) is 13.1 Å². The second-order valence-electron chi connectivity index (χ2n) is 1.74. The summed E-state index contributed by atoms with van der Waals surface area (Å²) in [6, 6.07) is 0. The molecule has 0 aromatic carbocycles. The number of β-amino-alcohol motifs (C(OH)–C–C–N with tert-alkyl or cyclic N) is 1. The molecule has 0 unspecified atom stereocenters. The maximum Gasteiger partial charge on any atom is 0.139 e. The van der Waals surface area contributed by atoms with Crippen molar-refractivity contribution < 1.29 is 9.50 Å². The topological polar surface area (TPSA) is 32.3 Å². The largest absolute Gasteiger partial charge is 0.389 e. The Labute approximate surface area is 41.3 Å². The van der Waals surface area contributed by atoms with Crippen molar-refractivity contribution in [2.24, 2.45) is 0 Å². The molecule has 7 heavy (non-hydrogen) atoms. The van der Waals surface area contributed by atoms with Crippen molar-refractivity contribution in [3.63, 3.8) is 0 Å². The number of alkyl halides is 1. The van der Waals surface area contributed by atoms with E-state index in [9.17, 15) is 4.39 Å². The summed E-state index contributed by atoms with van der Waals surface area (Å²) in [4.78, 5) is 0. The third kappa shape index (κ3) is 0.894. The van der Waals surface area contributed by atoms with Crippen molar-refractivity contribution in [1.29, 1.82) is 0 Å². The molecule has 1 heterocycles. The van der Waals surface area contributed by atoms with Gasteiger partial charge in [0.25, 0.3) is 0 Å². The third-order valence-electron chi connectivity index (χ3n) is 1.11. The molecular formula is C4H8FNO. The van der Waals surface area contributed by atoms with Gasteiger partial charge in [-0.05, 0) is 0 Å². The van der Waals surface area contributed by atoms with E-state index in [1.165, 1.54) is 0 Å². The molecule has 1 rings (SSSR count). The van der Waals surface area contributed by atoms with Gasteiger partial charge in [-0.15, -0.1) is 0 Å². The molecule has 3 heteroatoms. The Bertz CT molecular complexity index is 60.7. The van der Waals surface area contributed by atoms with Crippen LogP contribution in [0.4, 0.5) is 4.39 Å². The van der Waals surface area contributed by atoms with Crippen LogP contribution in [0.1, 0.15) is 0 Å². The summed E-state index contributed by atoms with van der Waals surface area (Å²) >= 11 is 0. The van der Waals surface area contributed by atoms with E-state index in [2.05, 4.69) is 5.32 Å². The van der Waals surface area contributed by atoms with Gasteiger partial charge in [0.15, 0.2) is 0 Å². The summed E-state index contributed by atoms with van der Waals surface area (Å²) in [6.07, 6.45) is -1.81. The zero-order chi connectivity index (χ0) is 5.28. The number of nitrogens with one attached hydrogen (secondary N) is 1. The highest BCUT2D eigenvalue weighted by molar-refractivity contribution is 4.79. The van der Waals surface area contributed by atoms with E-state index in [0.29, 0.717) is 13.1 Å². The lowest BCUT2D eigenvalue weighted by molar-refractivity contribution is 0.118. The standard InChI is InChI=1S/C4H8FNO/c5-3-1-6-2-4(3)7/h3-4,6-7H,1-2H2/t3-,4+/m1/s1. The van der Waals surface area contributed by atoms with E-state index >= 15 is 0 Å². The van der Waals surface area contributed by atoms with Crippen LogP contribution in [0.5, 0.6) is 0 Å². The lowest BCUT2D eigenvalue weighted by atomic mass is 10.3. The SMILES string of the molecule is O[C@H]1CNC[C@H]1F. The molecule has 0 spiro atoms. The fourth-order valence-electron chi connectivity index (χ4n) is 0.633. The van der Waals surface area contributed by atoms with Crippen LogP contribution in [0.3, 0.4) is 0 Å². The van der Waals surface area contributed by atoms with Crippen molar-refractivity contribution in [3.8, 4) is 0 Å². The highest BCUT2D eigenvalue weighted by atomic mass is 19.1. The molecule has 0 bridgehead atoms. The van der Waals surface area contributed by atoms with Gasteiger partial charge >= 0.3 is 0 Å². The second kappa shape index (κ2) is 1.76. The Hall–Kier alpha value is -0.150. The molecule has 42 valence electrons. The Morgan fingerprint density at radius 2 is 2.29 bits per heavy atom. The summed E-state index contributed by atoms with van der Waals surface area (Å²) in [5.74, 6) is 0. The zero-order valence-electron chi connectivity index (χ0n) is 3.89. The maximum absolute atomic E-state index is 12.0. The van der Waals surface area contributed by atoms with Crippen LogP contribution < -0.4 is 5.32 Å². The van der Waals surface area contributed by atoms with Gasteiger partial charge in [-0.2, -0.15) is 0 Å². The summed E-state index contributed by atoms with van der Waals surface area (Å²) in [5, 5.41) is 11.3. The van der Waals surface area contributed by atoms with Crippen LogP contribution in [0.2, 0.25) is 0 Å². The Kier molecular flexibility index (Phi) is 1.25. The molecule has 0 radical (unpaired) electrons. The number of rotatable bonds is 0. The molecule has 0 amide bonds. The summed E-state index contributed by atoms with van der Waals surface area (Å²) in [7, 11) is 0. The van der Waals surface area contributed by atoms with Crippen LogP contribution in [0, 0.1) is 0 Å².